The average molecular weight is 353 g/mol. The number of nitrogens with one attached hydrogen (secondary N) is 1. The highest BCUT2D eigenvalue weighted by Crippen LogP contribution is 2.27. The van der Waals surface area contributed by atoms with E-state index in [1.807, 2.05) is 50.2 Å². The number of hydrogen-bond acceptors (Lipinski definition) is 4. The van der Waals surface area contributed by atoms with Crippen molar-refractivity contribution in [3.8, 4) is 11.5 Å². The Balaban J connectivity index is 1.44. The van der Waals surface area contributed by atoms with Gasteiger partial charge in [-0.25, -0.2) is 0 Å². The van der Waals surface area contributed by atoms with E-state index in [4.69, 9.17) is 9.47 Å². The van der Waals surface area contributed by atoms with Crippen LogP contribution in [0.5, 0.6) is 11.5 Å². The molecule has 1 aliphatic heterocycles. The molecule has 2 aromatic carbocycles. The predicted molar refractivity (Wildman–Crippen MR) is 99.7 cm³/mol. The number of fused-ring (bicyclic) bond motifs is 1. The van der Waals surface area contributed by atoms with E-state index in [1.54, 1.807) is 0 Å². The molecule has 5 heteroatoms. The van der Waals surface area contributed by atoms with Gasteiger partial charge in [-0.2, -0.15) is 0 Å². The van der Waals surface area contributed by atoms with E-state index in [2.05, 4.69) is 5.32 Å². The first-order chi connectivity index (χ1) is 12.5. The number of carbonyl (C=O) groups is 2. The monoisotopic (exact) mass is 353 g/mol. The first-order valence-corrected chi connectivity index (χ1v) is 8.85. The first-order valence-electron chi connectivity index (χ1n) is 8.85. The first kappa shape index (κ1) is 18.0. The largest absolute Gasteiger partial charge is 0.494 e. The number of ether oxygens (including phenoxy) is 2. The Kier molecular flexibility index (Phi) is 5.56. The average Bonchev–Trinajstić information content (AvgIpc) is 2.62. The van der Waals surface area contributed by atoms with Crippen molar-refractivity contribution in [1.29, 1.82) is 0 Å². The summed E-state index contributed by atoms with van der Waals surface area (Å²) in [4.78, 5) is 23.4. The highest BCUT2D eigenvalue weighted by atomic mass is 16.5. The molecule has 5 nitrogen and oxygen atoms in total. The molecule has 0 aromatic heterocycles. The standard InChI is InChI=1S/C21H23NO4/c1-14-5-6-15(2)19(12-14)26-21(24)4-3-11-25-17-8-9-18-16(13-17)7-10-20(23)22-18/h5-6,8-9,12-13H,3-4,7,10-11H2,1-2H3,(H,22,23). The van der Waals surface area contributed by atoms with Crippen molar-refractivity contribution >= 4 is 17.6 Å². The Morgan fingerprint density at radius 1 is 1.12 bits per heavy atom. The van der Waals surface area contributed by atoms with Crippen LogP contribution in [0.15, 0.2) is 36.4 Å². The lowest BCUT2D eigenvalue weighted by molar-refractivity contribution is -0.134. The Bertz CT molecular complexity index is 829. The van der Waals surface area contributed by atoms with Crippen LogP contribution in [0, 0.1) is 13.8 Å². The molecule has 0 spiro atoms. The van der Waals surface area contributed by atoms with Crippen LogP contribution in [0.1, 0.15) is 36.0 Å². The molecule has 0 atom stereocenters. The summed E-state index contributed by atoms with van der Waals surface area (Å²) >= 11 is 0. The molecular formula is C21H23NO4. The maximum atomic E-state index is 12.0. The molecule has 1 amide bonds. The second-order valence-corrected chi connectivity index (χ2v) is 6.56. The quantitative estimate of drug-likeness (QED) is 0.485. The van der Waals surface area contributed by atoms with E-state index in [9.17, 15) is 9.59 Å². The minimum atomic E-state index is -0.254. The topological polar surface area (TPSA) is 64.6 Å². The van der Waals surface area contributed by atoms with E-state index in [-0.39, 0.29) is 11.9 Å². The zero-order valence-corrected chi connectivity index (χ0v) is 15.1. The molecular weight excluding hydrogens is 330 g/mol. The second kappa shape index (κ2) is 8.04. The van der Waals surface area contributed by atoms with Gasteiger partial charge in [-0.15, -0.1) is 0 Å². The molecule has 0 aliphatic carbocycles. The number of benzene rings is 2. The fourth-order valence-electron chi connectivity index (χ4n) is 2.85. The normalized spacial score (nSPS) is 12.9. The number of esters is 1. The summed E-state index contributed by atoms with van der Waals surface area (Å²) in [6.45, 7) is 4.32. The van der Waals surface area contributed by atoms with Gasteiger partial charge in [0, 0.05) is 18.5 Å². The molecule has 3 rings (SSSR count). The molecule has 1 aliphatic rings. The minimum Gasteiger partial charge on any atom is -0.494 e. The van der Waals surface area contributed by atoms with Crippen LogP contribution in [-0.4, -0.2) is 18.5 Å². The molecule has 26 heavy (non-hydrogen) atoms. The van der Waals surface area contributed by atoms with Crippen LogP contribution in [0.3, 0.4) is 0 Å². The van der Waals surface area contributed by atoms with E-state index in [1.165, 1.54) is 0 Å². The Labute approximate surface area is 153 Å². The molecule has 0 unspecified atom stereocenters. The summed E-state index contributed by atoms with van der Waals surface area (Å²) < 4.78 is 11.1. The lowest BCUT2D eigenvalue weighted by atomic mass is 10.0. The van der Waals surface area contributed by atoms with Crippen LogP contribution in [0.25, 0.3) is 0 Å². The summed E-state index contributed by atoms with van der Waals surface area (Å²) in [5, 5.41) is 2.85. The molecule has 0 saturated heterocycles. The predicted octanol–water partition coefficient (Wildman–Crippen LogP) is 3.95. The fraction of sp³-hybridized carbons (Fsp3) is 0.333. The molecule has 1 N–H and O–H groups in total. The van der Waals surface area contributed by atoms with Crippen LogP contribution in [-0.2, 0) is 16.0 Å². The third-order valence-electron chi connectivity index (χ3n) is 4.33. The van der Waals surface area contributed by atoms with Gasteiger partial charge in [0.15, 0.2) is 0 Å². The number of anilines is 1. The van der Waals surface area contributed by atoms with Crippen molar-refractivity contribution in [3.05, 3.63) is 53.1 Å². The van der Waals surface area contributed by atoms with Gasteiger partial charge in [0.1, 0.15) is 11.5 Å². The number of aryl methyl sites for hydroxylation is 3. The fourth-order valence-corrected chi connectivity index (χ4v) is 2.85. The van der Waals surface area contributed by atoms with Crippen LogP contribution >= 0.6 is 0 Å². The number of amides is 1. The number of rotatable bonds is 6. The maximum Gasteiger partial charge on any atom is 0.311 e. The Morgan fingerprint density at radius 2 is 1.96 bits per heavy atom. The van der Waals surface area contributed by atoms with Crippen LogP contribution in [0.2, 0.25) is 0 Å². The molecule has 0 saturated carbocycles. The van der Waals surface area contributed by atoms with Crippen LogP contribution in [0.4, 0.5) is 5.69 Å². The zero-order valence-electron chi connectivity index (χ0n) is 15.1. The van der Waals surface area contributed by atoms with Crippen molar-refractivity contribution in [2.45, 2.75) is 39.5 Å². The van der Waals surface area contributed by atoms with Gasteiger partial charge in [0.2, 0.25) is 5.91 Å². The number of carbonyl (C=O) groups excluding carboxylic acids is 2. The molecule has 0 fully saturated rings. The third kappa shape index (κ3) is 4.63. The van der Waals surface area contributed by atoms with E-state index >= 15 is 0 Å². The van der Waals surface area contributed by atoms with E-state index in [0.29, 0.717) is 31.6 Å². The molecule has 0 radical (unpaired) electrons. The number of hydrogen-bond donors (Lipinski definition) is 1. The molecule has 136 valence electrons. The maximum absolute atomic E-state index is 12.0. The summed E-state index contributed by atoms with van der Waals surface area (Å²) in [7, 11) is 0. The van der Waals surface area contributed by atoms with Crippen molar-refractivity contribution in [2.75, 3.05) is 11.9 Å². The summed E-state index contributed by atoms with van der Waals surface area (Å²) in [6, 6.07) is 11.4. The van der Waals surface area contributed by atoms with Crippen molar-refractivity contribution in [2.24, 2.45) is 0 Å². The summed E-state index contributed by atoms with van der Waals surface area (Å²) in [5.41, 5.74) is 3.94. The minimum absolute atomic E-state index is 0.0496. The van der Waals surface area contributed by atoms with Crippen LogP contribution < -0.4 is 14.8 Å². The van der Waals surface area contributed by atoms with Gasteiger partial charge in [-0.3, -0.25) is 9.59 Å². The van der Waals surface area contributed by atoms with Gasteiger partial charge in [-0.05, 0) is 67.6 Å². The van der Waals surface area contributed by atoms with Gasteiger partial charge in [0.05, 0.1) is 6.61 Å². The highest BCUT2D eigenvalue weighted by Gasteiger charge is 2.15. The van der Waals surface area contributed by atoms with Gasteiger partial charge in [-0.1, -0.05) is 12.1 Å². The molecule has 0 bridgehead atoms. The third-order valence-corrected chi connectivity index (χ3v) is 4.33. The summed E-state index contributed by atoms with van der Waals surface area (Å²) in [5.74, 6) is 1.17. The smallest absolute Gasteiger partial charge is 0.311 e. The lowest BCUT2D eigenvalue weighted by Gasteiger charge is -2.17. The second-order valence-electron chi connectivity index (χ2n) is 6.56. The zero-order chi connectivity index (χ0) is 18.5. The van der Waals surface area contributed by atoms with Gasteiger partial charge < -0.3 is 14.8 Å². The molecule has 1 heterocycles. The van der Waals surface area contributed by atoms with Gasteiger partial charge >= 0.3 is 5.97 Å². The van der Waals surface area contributed by atoms with E-state index < -0.39 is 0 Å². The van der Waals surface area contributed by atoms with E-state index in [0.717, 1.165) is 34.5 Å². The van der Waals surface area contributed by atoms with Gasteiger partial charge in [0.25, 0.3) is 0 Å². The SMILES string of the molecule is Cc1ccc(C)c(OC(=O)CCCOc2ccc3c(c2)CCC(=O)N3)c1. The van der Waals surface area contributed by atoms with Crippen molar-refractivity contribution in [3.63, 3.8) is 0 Å². The Hall–Kier alpha value is -2.82. The highest BCUT2D eigenvalue weighted by molar-refractivity contribution is 5.94. The lowest BCUT2D eigenvalue weighted by Crippen LogP contribution is -2.18. The van der Waals surface area contributed by atoms with Crippen molar-refractivity contribution < 1.29 is 19.1 Å². The molecule has 2 aromatic rings. The summed E-state index contributed by atoms with van der Waals surface area (Å²) in [6.07, 6.45) is 2.10. The Morgan fingerprint density at radius 3 is 2.81 bits per heavy atom. The van der Waals surface area contributed by atoms with Crippen molar-refractivity contribution in [1.82, 2.24) is 0 Å².